The lowest BCUT2D eigenvalue weighted by molar-refractivity contribution is -0.121. The number of hydrogen-bond acceptors (Lipinski definition) is 6. The Balaban J connectivity index is 1.82. The van der Waals surface area contributed by atoms with Crippen LogP contribution in [0.1, 0.15) is 19.2 Å². The van der Waals surface area contributed by atoms with Crippen LogP contribution >= 0.6 is 0 Å². The van der Waals surface area contributed by atoms with E-state index >= 15 is 0 Å². The molecule has 0 spiro atoms. The molecule has 0 aromatic carbocycles. The van der Waals surface area contributed by atoms with E-state index in [2.05, 4.69) is 20.4 Å². The third-order valence-electron chi connectivity index (χ3n) is 2.93. The minimum Gasteiger partial charge on any atom is -0.396 e. The number of nitrogens with one attached hydrogen (secondary N) is 1. The van der Waals surface area contributed by atoms with Crippen molar-refractivity contribution >= 4 is 5.91 Å². The van der Waals surface area contributed by atoms with Gasteiger partial charge < -0.3 is 14.9 Å². The summed E-state index contributed by atoms with van der Waals surface area (Å²) in [5.41, 5.74) is 0.821. The van der Waals surface area contributed by atoms with Gasteiger partial charge in [0, 0.05) is 44.0 Å². The van der Waals surface area contributed by atoms with Crippen molar-refractivity contribution in [2.24, 2.45) is 5.92 Å². The second kappa shape index (κ2) is 7.49. The molecule has 2 heterocycles. The van der Waals surface area contributed by atoms with Crippen molar-refractivity contribution in [1.29, 1.82) is 0 Å². The van der Waals surface area contributed by atoms with Gasteiger partial charge in [-0.25, -0.2) is 0 Å². The normalized spacial score (nSPS) is 12.1. The summed E-state index contributed by atoms with van der Waals surface area (Å²) in [6.07, 6.45) is 3.97. The van der Waals surface area contributed by atoms with Gasteiger partial charge in [0.05, 0.1) is 0 Å². The molecule has 21 heavy (non-hydrogen) atoms. The predicted octanol–water partition coefficient (Wildman–Crippen LogP) is 0.809. The first-order valence-electron chi connectivity index (χ1n) is 6.79. The van der Waals surface area contributed by atoms with E-state index in [0.29, 0.717) is 24.7 Å². The van der Waals surface area contributed by atoms with Gasteiger partial charge >= 0.3 is 0 Å². The van der Waals surface area contributed by atoms with Gasteiger partial charge in [0.1, 0.15) is 0 Å². The molecule has 2 rings (SSSR count). The van der Waals surface area contributed by atoms with Gasteiger partial charge in [0.2, 0.25) is 17.6 Å². The van der Waals surface area contributed by atoms with E-state index in [1.54, 1.807) is 24.5 Å². The van der Waals surface area contributed by atoms with Crippen LogP contribution in [-0.2, 0) is 11.2 Å². The highest BCUT2D eigenvalue weighted by Crippen LogP contribution is 2.14. The van der Waals surface area contributed by atoms with E-state index in [0.717, 1.165) is 5.56 Å². The summed E-state index contributed by atoms with van der Waals surface area (Å²) < 4.78 is 5.11. The van der Waals surface area contributed by atoms with E-state index in [1.807, 2.05) is 6.92 Å². The van der Waals surface area contributed by atoms with Crippen LogP contribution < -0.4 is 5.32 Å². The number of amides is 1. The molecule has 112 valence electrons. The Hall–Kier alpha value is -2.28. The molecule has 0 saturated heterocycles. The average Bonchev–Trinajstić information content (AvgIpc) is 3.00. The second-order valence-corrected chi connectivity index (χ2v) is 4.84. The molecular formula is C14H18N4O3. The van der Waals surface area contributed by atoms with Crippen molar-refractivity contribution in [3.63, 3.8) is 0 Å². The molecule has 0 aliphatic rings. The first kappa shape index (κ1) is 15.1. The van der Waals surface area contributed by atoms with E-state index in [1.165, 1.54) is 0 Å². The van der Waals surface area contributed by atoms with Crippen LogP contribution in [0.3, 0.4) is 0 Å². The number of aliphatic hydroxyl groups excluding tert-OH is 1. The van der Waals surface area contributed by atoms with E-state index in [4.69, 9.17) is 9.63 Å². The number of hydrogen-bond donors (Lipinski definition) is 2. The summed E-state index contributed by atoms with van der Waals surface area (Å²) in [4.78, 5) is 19.8. The average molecular weight is 290 g/mol. The van der Waals surface area contributed by atoms with Gasteiger partial charge in [-0.2, -0.15) is 4.98 Å². The maximum absolute atomic E-state index is 11.6. The number of carbonyl (C=O) groups is 1. The van der Waals surface area contributed by atoms with Crippen molar-refractivity contribution in [2.75, 3.05) is 13.2 Å². The van der Waals surface area contributed by atoms with Crippen molar-refractivity contribution in [1.82, 2.24) is 20.4 Å². The number of nitrogens with zero attached hydrogens (tertiary/aromatic N) is 3. The minimum atomic E-state index is -0.0982. The first-order chi connectivity index (χ1) is 10.2. The largest absolute Gasteiger partial charge is 0.396 e. The Bertz CT molecular complexity index is 571. The number of rotatable bonds is 7. The van der Waals surface area contributed by atoms with Crippen LogP contribution in [-0.4, -0.2) is 39.3 Å². The topological polar surface area (TPSA) is 101 Å². The van der Waals surface area contributed by atoms with Crippen LogP contribution in [0.25, 0.3) is 11.4 Å². The van der Waals surface area contributed by atoms with Gasteiger partial charge in [0.15, 0.2) is 0 Å². The Labute approximate surface area is 122 Å². The molecule has 2 aromatic heterocycles. The van der Waals surface area contributed by atoms with Crippen LogP contribution in [0.4, 0.5) is 0 Å². The fourth-order valence-corrected chi connectivity index (χ4v) is 1.64. The number of aromatic nitrogens is 3. The molecule has 0 aliphatic heterocycles. The van der Waals surface area contributed by atoms with Crippen LogP contribution in [0.5, 0.6) is 0 Å². The van der Waals surface area contributed by atoms with Crippen LogP contribution in [0.15, 0.2) is 29.0 Å². The Morgan fingerprint density at radius 2 is 2.19 bits per heavy atom. The highest BCUT2D eigenvalue weighted by Gasteiger charge is 2.11. The SMILES string of the molecule is CC(CO)CNC(=O)CCc1nc(-c2ccncc2)no1. The Kier molecular flexibility index (Phi) is 5.39. The Morgan fingerprint density at radius 1 is 1.43 bits per heavy atom. The second-order valence-electron chi connectivity index (χ2n) is 4.84. The predicted molar refractivity (Wildman–Crippen MR) is 75.1 cm³/mol. The van der Waals surface area contributed by atoms with Gasteiger partial charge in [-0.15, -0.1) is 0 Å². The molecule has 1 unspecified atom stereocenters. The third-order valence-corrected chi connectivity index (χ3v) is 2.93. The number of aliphatic hydroxyl groups is 1. The first-order valence-corrected chi connectivity index (χ1v) is 6.79. The molecular weight excluding hydrogens is 272 g/mol. The molecule has 2 N–H and O–H groups in total. The van der Waals surface area contributed by atoms with E-state index in [9.17, 15) is 4.79 Å². The van der Waals surface area contributed by atoms with Gasteiger partial charge in [-0.1, -0.05) is 12.1 Å². The lowest BCUT2D eigenvalue weighted by atomic mass is 10.2. The molecule has 0 fully saturated rings. The molecule has 0 saturated carbocycles. The lowest BCUT2D eigenvalue weighted by Gasteiger charge is -2.08. The zero-order valence-corrected chi connectivity index (χ0v) is 11.8. The van der Waals surface area contributed by atoms with E-state index < -0.39 is 0 Å². The van der Waals surface area contributed by atoms with Gasteiger partial charge in [-0.3, -0.25) is 9.78 Å². The Morgan fingerprint density at radius 3 is 2.90 bits per heavy atom. The summed E-state index contributed by atoms with van der Waals surface area (Å²) in [6.45, 7) is 2.37. The molecule has 1 amide bonds. The molecule has 0 aliphatic carbocycles. The van der Waals surface area contributed by atoms with Crippen LogP contribution in [0, 0.1) is 5.92 Å². The maximum Gasteiger partial charge on any atom is 0.227 e. The van der Waals surface area contributed by atoms with Crippen molar-refractivity contribution in [2.45, 2.75) is 19.8 Å². The van der Waals surface area contributed by atoms with Crippen molar-refractivity contribution in [3.8, 4) is 11.4 Å². The monoisotopic (exact) mass is 290 g/mol. The molecule has 7 heteroatoms. The van der Waals surface area contributed by atoms with Crippen molar-refractivity contribution in [3.05, 3.63) is 30.4 Å². The number of carbonyl (C=O) groups excluding carboxylic acids is 1. The fourth-order valence-electron chi connectivity index (χ4n) is 1.64. The fraction of sp³-hybridized carbons (Fsp3) is 0.429. The zero-order chi connectivity index (χ0) is 15.1. The third kappa shape index (κ3) is 4.64. The van der Waals surface area contributed by atoms with Crippen LogP contribution in [0.2, 0.25) is 0 Å². The molecule has 7 nitrogen and oxygen atoms in total. The molecule has 2 aromatic rings. The van der Waals surface area contributed by atoms with Gasteiger partial charge in [-0.05, 0) is 18.1 Å². The lowest BCUT2D eigenvalue weighted by Crippen LogP contribution is -2.29. The number of aryl methyl sites for hydroxylation is 1. The number of pyridine rings is 1. The summed E-state index contributed by atoms with van der Waals surface area (Å²) in [6, 6.07) is 3.58. The highest BCUT2D eigenvalue weighted by molar-refractivity contribution is 5.76. The zero-order valence-electron chi connectivity index (χ0n) is 11.8. The minimum absolute atomic E-state index is 0.0515. The molecule has 0 radical (unpaired) electrons. The highest BCUT2D eigenvalue weighted by atomic mass is 16.5. The molecule has 1 atom stereocenters. The maximum atomic E-state index is 11.6. The molecule has 0 bridgehead atoms. The summed E-state index contributed by atoms with van der Waals surface area (Å²) in [5.74, 6) is 0.864. The summed E-state index contributed by atoms with van der Waals surface area (Å²) in [5, 5.41) is 15.5. The summed E-state index contributed by atoms with van der Waals surface area (Å²) in [7, 11) is 0. The smallest absolute Gasteiger partial charge is 0.227 e. The summed E-state index contributed by atoms with van der Waals surface area (Å²) >= 11 is 0. The van der Waals surface area contributed by atoms with Crippen molar-refractivity contribution < 1.29 is 14.4 Å². The van der Waals surface area contributed by atoms with E-state index in [-0.39, 0.29) is 24.9 Å². The van der Waals surface area contributed by atoms with Gasteiger partial charge in [0.25, 0.3) is 0 Å². The quantitative estimate of drug-likeness (QED) is 0.782. The standard InChI is InChI=1S/C14H18N4O3/c1-10(9-19)8-16-12(20)2-3-13-17-14(18-21-13)11-4-6-15-7-5-11/h4-7,10,19H,2-3,8-9H2,1H3,(H,16,20).